The highest BCUT2D eigenvalue weighted by atomic mass is 16.5. The van der Waals surface area contributed by atoms with Gasteiger partial charge in [0.2, 0.25) is 0 Å². The molecule has 0 saturated carbocycles. The topological polar surface area (TPSA) is 71.9 Å². The van der Waals surface area contributed by atoms with Crippen molar-refractivity contribution >= 4 is 12.0 Å². The zero-order valence-corrected chi connectivity index (χ0v) is 14.1. The summed E-state index contributed by atoms with van der Waals surface area (Å²) >= 11 is 0. The third kappa shape index (κ3) is 3.43. The van der Waals surface area contributed by atoms with Gasteiger partial charge >= 0.3 is 12.0 Å². The molecule has 2 heterocycles. The van der Waals surface area contributed by atoms with Crippen molar-refractivity contribution < 1.29 is 19.2 Å². The number of urea groups is 1. The Labute approximate surface area is 141 Å². The van der Waals surface area contributed by atoms with E-state index in [1.165, 1.54) is 16.0 Å². The van der Waals surface area contributed by atoms with Gasteiger partial charge < -0.3 is 20.3 Å². The van der Waals surface area contributed by atoms with Crippen molar-refractivity contribution in [2.45, 2.75) is 32.9 Å². The Morgan fingerprint density at radius 2 is 2.08 bits per heavy atom. The van der Waals surface area contributed by atoms with Gasteiger partial charge in [-0.1, -0.05) is 24.3 Å². The predicted octanol–water partition coefficient (Wildman–Crippen LogP) is 0.146. The first-order valence-corrected chi connectivity index (χ1v) is 8.46. The minimum atomic E-state index is -0.357. The molecule has 3 rings (SSSR count). The Kier molecular flexibility index (Phi) is 4.85. The summed E-state index contributed by atoms with van der Waals surface area (Å²) in [4.78, 5) is 25.5. The highest BCUT2D eigenvalue weighted by Gasteiger charge is 2.32. The van der Waals surface area contributed by atoms with Crippen LogP contribution >= 0.6 is 0 Å². The first-order valence-electron chi connectivity index (χ1n) is 8.46. The van der Waals surface area contributed by atoms with Gasteiger partial charge in [0, 0.05) is 12.0 Å². The van der Waals surface area contributed by atoms with Crippen LogP contribution in [0.3, 0.4) is 0 Å². The summed E-state index contributed by atoms with van der Waals surface area (Å²) in [5, 5.41) is 5.55. The van der Waals surface area contributed by atoms with Crippen molar-refractivity contribution in [3.63, 3.8) is 0 Å². The van der Waals surface area contributed by atoms with E-state index in [0.717, 1.165) is 19.5 Å². The molecule has 0 fully saturated rings. The van der Waals surface area contributed by atoms with E-state index < -0.39 is 0 Å². The number of hydrogen-bond acceptors (Lipinski definition) is 3. The molecule has 0 spiro atoms. The van der Waals surface area contributed by atoms with E-state index in [9.17, 15) is 9.59 Å². The Morgan fingerprint density at radius 3 is 2.83 bits per heavy atom. The second-order valence-corrected chi connectivity index (χ2v) is 6.31. The maximum absolute atomic E-state index is 12.3. The van der Waals surface area contributed by atoms with Crippen LogP contribution in [0.2, 0.25) is 0 Å². The summed E-state index contributed by atoms with van der Waals surface area (Å²) in [6, 6.07) is 7.84. The number of ether oxygens (including phenoxy) is 1. The van der Waals surface area contributed by atoms with E-state index in [1.54, 1.807) is 6.92 Å². The molecule has 2 aliphatic heterocycles. The molecule has 0 saturated heterocycles. The molecule has 0 aromatic heterocycles. The van der Waals surface area contributed by atoms with E-state index in [0.29, 0.717) is 24.4 Å². The lowest BCUT2D eigenvalue weighted by atomic mass is 9.98. The number of esters is 1. The second-order valence-electron chi connectivity index (χ2n) is 6.31. The molecule has 6 nitrogen and oxygen atoms in total. The lowest BCUT2D eigenvalue weighted by Crippen LogP contribution is -3.12. The van der Waals surface area contributed by atoms with Crippen molar-refractivity contribution in [3.8, 4) is 0 Å². The fourth-order valence-corrected chi connectivity index (χ4v) is 3.46. The number of carbonyl (C=O) groups excluding carboxylic acids is 2. The van der Waals surface area contributed by atoms with Gasteiger partial charge in [-0.25, -0.2) is 9.59 Å². The highest BCUT2D eigenvalue weighted by molar-refractivity contribution is 5.94. The van der Waals surface area contributed by atoms with Crippen molar-refractivity contribution in [2.75, 3.05) is 19.7 Å². The van der Waals surface area contributed by atoms with Gasteiger partial charge in [0.25, 0.3) is 0 Å². The molecule has 1 aromatic carbocycles. The van der Waals surface area contributed by atoms with Crippen LogP contribution in [0.4, 0.5) is 4.79 Å². The van der Waals surface area contributed by atoms with Crippen molar-refractivity contribution in [1.82, 2.24) is 10.6 Å². The normalized spacial score (nSPS) is 23.2. The van der Waals surface area contributed by atoms with Crippen LogP contribution in [-0.2, 0) is 22.5 Å². The third-order valence-corrected chi connectivity index (χ3v) is 4.60. The molecule has 6 heteroatoms. The van der Waals surface area contributed by atoms with Crippen molar-refractivity contribution in [3.05, 3.63) is 46.7 Å². The average Bonchev–Trinajstić information content (AvgIpc) is 2.54. The van der Waals surface area contributed by atoms with Crippen LogP contribution in [0, 0.1) is 0 Å². The monoisotopic (exact) mass is 330 g/mol. The van der Waals surface area contributed by atoms with Gasteiger partial charge in [-0.15, -0.1) is 0 Å². The average molecular weight is 330 g/mol. The van der Waals surface area contributed by atoms with Gasteiger partial charge in [-0.2, -0.15) is 0 Å². The zero-order valence-electron chi connectivity index (χ0n) is 14.1. The summed E-state index contributed by atoms with van der Waals surface area (Å²) in [7, 11) is 0. The van der Waals surface area contributed by atoms with Gasteiger partial charge in [-0.3, -0.25) is 0 Å². The number of fused-ring (bicyclic) bond motifs is 1. The molecule has 1 unspecified atom stereocenters. The lowest BCUT2D eigenvalue weighted by Gasteiger charge is -2.31. The predicted molar refractivity (Wildman–Crippen MR) is 89.3 cm³/mol. The molecule has 2 aliphatic rings. The molecule has 0 radical (unpaired) electrons. The van der Waals surface area contributed by atoms with Gasteiger partial charge in [0.15, 0.2) is 0 Å². The Hall–Kier alpha value is -2.34. The largest absolute Gasteiger partial charge is 0.463 e. The quantitative estimate of drug-likeness (QED) is 0.688. The smallest absolute Gasteiger partial charge is 0.338 e. The van der Waals surface area contributed by atoms with Crippen LogP contribution in [-0.4, -0.2) is 37.7 Å². The molecular weight excluding hydrogens is 306 g/mol. The van der Waals surface area contributed by atoms with Gasteiger partial charge in [0.05, 0.1) is 30.5 Å². The number of quaternary nitrogens is 1. The zero-order chi connectivity index (χ0) is 17.1. The molecule has 128 valence electrons. The SMILES string of the molecule is CCOC(=O)C1=C(C[NH+]2CCc3ccccc3C2)NC(=O)N[C@H]1C. The van der Waals surface area contributed by atoms with E-state index in [2.05, 4.69) is 34.9 Å². The minimum Gasteiger partial charge on any atom is -0.463 e. The Morgan fingerprint density at radius 1 is 1.33 bits per heavy atom. The molecule has 1 aromatic rings. The second kappa shape index (κ2) is 7.05. The maximum atomic E-state index is 12.3. The number of carbonyl (C=O) groups is 2. The molecule has 0 bridgehead atoms. The maximum Gasteiger partial charge on any atom is 0.338 e. The van der Waals surface area contributed by atoms with Crippen LogP contribution in [0.1, 0.15) is 25.0 Å². The number of amides is 2. The van der Waals surface area contributed by atoms with E-state index >= 15 is 0 Å². The first kappa shape index (κ1) is 16.5. The van der Waals surface area contributed by atoms with Crippen LogP contribution in [0.25, 0.3) is 0 Å². The van der Waals surface area contributed by atoms with Crippen molar-refractivity contribution in [2.24, 2.45) is 0 Å². The summed E-state index contributed by atoms with van der Waals surface area (Å²) in [6.07, 6.45) is 1.01. The summed E-state index contributed by atoms with van der Waals surface area (Å²) < 4.78 is 5.17. The van der Waals surface area contributed by atoms with Crippen LogP contribution in [0.15, 0.2) is 35.5 Å². The summed E-state index contributed by atoms with van der Waals surface area (Å²) in [6.45, 7) is 6.40. The van der Waals surface area contributed by atoms with Gasteiger partial charge in [0.1, 0.15) is 13.1 Å². The van der Waals surface area contributed by atoms with Crippen molar-refractivity contribution in [1.29, 1.82) is 0 Å². The van der Waals surface area contributed by atoms with E-state index in [-0.39, 0.29) is 18.0 Å². The van der Waals surface area contributed by atoms with Gasteiger partial charge in [-0.05, 0) is 19.4 Å². The first-order chi connectivity index (χ1) is 11.6. The molecule has 2 atom stereocenters. The fraction of sp³-hybridized carbons (Fsp3) is 0.444. The van der Waals surface area contributed by atoms with E-state index in [1.807, 2.05) is 6.92 Å². The lowest BCUT2D eigenvalue weighted by molar-refractivity contribution is -0.911. The standard InChI is InChI=1S/C18H23N3O3/c1-3-24-17(22)16-12(2)19-18(23)20-15(16)11-21-9-8-13-6-4-5-7-14(13)10-21/h4-7,12H,3,8-11H2,1-2H3,(H2,19,20,23)/p+1/t12-/m0/s1. The number of hydrogen-bond donors (Lipinski definition) is 3. The van der Waals surface area contributed by atoms with Crippen LogP contribution < -0.4 is 15.5 Å². The molecule has 2 amide bonds. The fourth-order valence-electron chi connectivity index (χ4n) is 3.46. The number of benzene rings is 1. The minimum absolute atomic E-state index is 0.262. The van der Waals surface area contributed by atoms with E-state index in [4.69, 9.17) is 4.74 Å². The summed E-state index contributed by atoms with van der Waals surface area (Å²) in [5.74, 6) is -0.357. The number of nitrogens with one attached hydrogen (secondary N) is 3. The Balaban J connectivity index is 1.81. The highest BCUT2D eigenvalue weighted by Crippen LogP contribution is 2.14. The molecule has 24 heavy (non-hydrogen) atoms. The molecular formula is C18H24N3O3+. The molecule has 3 N–H and O–H groups in total. The Bertz CT molecular complexity index is 684. The number of rotatable bonds is 4. The van der Waals surface area contributed by atoms with Crippen LogP contribution in [0.5, 0.6) is 0 Å². The third-order valence-electron chi connectivity index (χ3n) is 4.60. The summed E-state index contributed by atoms with van der Waals surface area (Å²) in [5.41, 5.74) is 3.94. The molecule has 0 aliphatic carbocycles.